The van der Waals surface area contributed by atoms with Crippen LogP contribution in [-0.2, 0) is 0 Å². The van der Waals surface area contributed by atoms with Crippen molar-refractivity contribution in [3.63, 3.8) is 0 Å². The lowest BCUT2D eigenvalue weighted by Gasteiger charge is -2.31. The second-order valence-electron chi connectivity index (χ2n) is 5.42. The molecule has 104 valence electrons. The topological polar surface area (TPSA) is 38.1 Å². The predicted molar refractivity (Wildman–Crippen MR) is 77.7 cm³/mol. The van der Waals surface area contributed by atoms with E-state index in [1.165, 1.54) is 11.1 Å². The lowest BCUT2D eigenvalue weighted by atomic mass is 10.1. The molecule has 0 aliphatic carbocycles. The molecule has 4 heteroatoms. The molecule has 0 unspecified atom stereocenters. The molecule has 1 aromatic carbocycles. The Morgan fingerprint density at radius 3 is 2.55 bits per heavy atom. The van der Waals surface area contributed by atoms with Gasteiger partial charge in [0, 0.05) is 13.1 Å². The van der Waals surface area contributed by atoms with Crippen molar-refractivity contribution in [2.75, 3.05) is 13.1 Å². The third kappa shape index (κ3) is 2.22. The number of imidazole rings is 1. The summed E-state index contributed by atoms with van der Waals surface area (Å²) in [6.07, 6.45) is 4.52. The molecule has 0 spiro atoms. The molecule has 3 rings (SSSR count). The number of nitrogens with zero attached hydrogens (tertiary/aromatic N) is 3. The Morgan fingerprint density at radius 2 is 1.95 bits per heavy atom. The fourth-order valence-corrected chi connectivity index (χ4v) is 2.47. The Kier molecular flexibility index (Phi) is 3.30. The SMILES string of the molecule is Cc1ccc([C@@H](C)n2cncc2C(=O)N2CCC2)cc1. The molecule has 2 aromatic rings. The molecular formula is C16H19N3O. The zero-order valence-corrected chi connectivity index (χ0v) is 11.9. The number of aromatic nitrogens is 2. The van der Waals surface area contributed by atoms with Gasteiger partial charge in [-0.3, -0.25) is 4.79 Å². The summed E-state index contributed by atoms with van der Waals surface area (Å²) in [7, 11) is 0. The van der Waals surface area contributed by atoms with E-state index < -0.39 is 0 Å². The first-order chi connectivity index (χ1) is 9.66. The summed E-state index contributed by atoms with van der Waals surface area (Å²) in [5.74, 6) is 0.0905. The van der Waals surface area contributed by atoms with E-state index >= 15 is 0 Å². The third-order valence-corrected chi connectivity index (χ3v) is 4.01. The van der Waals surface area contributed by atoms with Gasteiger partial charge in [0.1, 0.15) is 5.69 Å². The van der Waals surface area contributed by atoms with E-state index in [0.717, 1.165) is 19.5 Å². The first kappa shape index (κ1) is 12.9. The molecule has 1 saturated heterocycles. The van der Waals surface area contributed by atoms with Crippen LogP contribution in [0.2, 0.25) is 0 Å². The van der Waals surface area contributed by atoms with Crippen molar-refractivity contribution in [3.05, 3.63) is 53.6 Å². The molecular weight excluding hydrogens is 250 g/mol. The van der Waals surface area contributed by atoms with E-state index in [2.05, 4.69) is 43.1 Å². The number of carbonyl (C=O) groups is 1. The van der Waals surface area contributed by atoms with Crippen LogP contribution in [0, 0.1) is 6.92 Å². The van der Waals surface area contributed by atoms with Gasteiger partial charge in [-0.25, -0.2) is 4.98 Å². The average molecular weight is 269 g/mol. The molecule has 1 fully saturated rings. The van der Waals surface area contributed by atoms with Crippen LogP contribution >= 0.6 is 0 Å². The molecule has 4 nitrogen and oxygen atoms in total. The summed E-state index contributed by atoms with van der Waals surface area (Å²) >= 11 is 0. The second-order valence-corrected chi connectivity index (χ2v) is 5.42. The van der Waals surface area contributed by atoms with Crippen LogP contribution < -0.4 is 0 Å². The van der Waals surface area contributed by atoms with Crippen LogP contribution in [0.15, 0.2) is 36.8 Å². The van der Waals surface area contributed by atoms with Gasteiger partial charge in [-0.1, -0.05) is 29.8 Å². The first-order valence-corrected chi connectivity index (χ1v) is 7.04. The van der Waals surface area contributed by atoms with E-state index in [1.54, 1.807) is 12.5 Å². The maximum absolute atomic E-state index is 12.4. The van der Waals surface area contributed by atoms with Gasteiger partial charge < -0.3 is 9.47 Å². The molecule has 0 radical (unpaired) electrons. The maximum Gasteiger partial charge on any atom is 0.272 e. The zero-order valence-electron chi connectivity index (χ0n) is 11.9. The van der Waals surface area contributed by atoms with Gasteiger partial charge in [0.25, 0.3) is 5.91 Å². The molecule has 20 heavy (non-hydrogen) atoms. The van der Waals surface area contributed by atoms with Crippen molar-refractivity contribution >= 4 is 5.91 Å². The molecule has 0 saturated carbocycles. The quantitative estimate of drug-likeness (QED) is 0.859. The van der Waals surface area contributed by atoms with Gasteiger partial charge in [0.15, 0.2) is 0 Å². The Hall–Kier alpha value is -2.10. The molecule has 2 heterocycles. The van der Waals surface area contributed by atoms with Gasteiger partial charge >= 0.3 is 0 Å². The highest BCUT2D eigenvalue weighted by molar-refractivity contribution is 5.93. The average Bonchev–Trinajstić information content (AvgIpc) is 2.85. The zero-order chi connectivity index (χ0) is 14.1. The molecule has 1 atom stereocenters. The van der Waals surface area contributed by atoms with Gasteiger partial charge in [-0.05, 0) is 25.8 Å². The van der Waals surface area contributed by atoms with E-state index in [-0.39, 0.29) is 11.9 Å². The smallest absolute Gasteiger partial charge is 0.272 e. The minimum Gasteiger partial charge on any atom is -0.337 e. The number of aryl methyl sites for hydroxylation is 1. The van der Waals surface area contributed by atoms with Gasteiger partial charge in [0.2, 0.25) is 0 Å². The van der Waals surface area contributed by atoms with Crippen molar-refractivity contribution < 1.29 is 4.79 Å². The summed E-state index contributed by atoms with van der Waals surface area (Å²) in [6.45, 7) is 5.90. The number of hydrogen-bond donors (Lipinski definition) is 0. The van der Waals surface area contributed by atoms with Gasteiger partial charge in [-0.2, -0.15) is 0 Å². The lowest BCUT2D eigenvalue weighted by molar-refractivity contribution is 0.0639. The summed E-state index contributed by atoms with van der Waals surface area (Å²) in [6, 6.07) is 8.52. The van der Waals surface area contributed by atoms with Crippen molar-refractivity contribution in [2.45, 2.75) is 26.3 Å². The highest BCUT2D eigenvalue weighted by Gasteiger charge is 2.25. The van der Waals surface area contributed by atoms with Crippen LogP contribution in [0.3, 0.4) is 0 Å². The number of benzene rings is 1. The number of carbonyl (C=O) groups excluding carboxylic acids is 1. The minimum atomic E-state index is 0.0905. The maximum atomic E-state index is 12.4. The summed E-state index contributed by atoms with van der Waals surface area (Å²) in [4.78, 5) is 18.4. The van der Waals surface area contributed by atoms with Crippen molar-refractivity contribution in [1.29, 1.82) is 0 Å². The van der Waals surface area contributed by atoms with E-state index in [4.69, 9.17) is 0 Å². The normalized spacial score (nSPS) is 15.8. The van der Waals surface area contributed by atoms with Gasteiger partial charge in [0.05, 0.1) is 18.6 Å². The van der Waals surface area contributed by atoms with Crippen molar-refractivity contribution in [3.8, 4) is 0 Å². The van der Waals surface area contributed by atoms with E-state index in [9.17, 15) is 4.79 Å². The largest absolute Gasteiger partial charge is 0.337 e. The minimum absolute atomic E-state index is 0.0905. The molecule has 0 bridgehead atoms. The van der Waals surface area contributed by atoms with Crippen LogP contribution in [0.4, 0.5) is 0 Å². The van der Waals surface area contributed by atoms with Crippen molar-refractivity contribution in [2.24, 2.45) is 0 Å². The highest BCUT2D eigenvalue weighted by atomic mass is 16.2. The van der Waals surface area contributed by atoms with Crippen LogP contribution in [0.5, 0.6) is 0 Å². The molecule has 0 N–H and O–H groups in total. The Labute approximate surface area is 119 Å². The summed E-state index contributed by atoms with van der Waals surface area (Å²) in [5, 5.41) is 0. The highest BCUT2D eigenvalue weighted by Crippen LogP contribution is 2.22. The van der Waals surface area contributed by atoms with E-state index in [1.807, 2.05) is 9.47 Å². The fourth-order valence-electron chi connectivity index (χ4n) is 2.47. The molecule has 1 aromatic heterocycles. The first-order valence-electron chi connectivity index (χ1n) is 7.04. The third-order valence-electron chi connectivity index (χ3n) is 4.01. The van der Waals surface area contributed by atoms with E-state index in [0.29, 0.717) is 5.69 Å². The molecule has 1 aliphatic heterocycles. The number of amides is 1. The lowest BCUT2D eigenvalue weighted by Crippen LogP contribution is -2.42. The van der Waals surface area contributed by atoms with Crippen LogP contribution in [0.1, 0.15) is 41.0 Å². The Balaban J connectivity index is 1.88. The fraction of sp³-hybridized carbons (Fsp3) is 0.375. The second kappa shape index (κ2) is 5.12. The summed E-state index contributed by atoms with van der Waals surface area (Å²) in [5.41, 5.74) is 3.10. The predicted octanol–water partition coefficient (Wildman–Crippen LogP) is 2.65. The monoisotopic (exact) mass is 269 g/mol. The summed E-state index contributed by atoms with van der Waals surface area (Å²) < 4.78 is 1.96. The van der Waals surface area contributed by atoms with Gasteiger partial charge in [-0.15, -0.1) is 0 Å². The molecule has 1 amide bonds. The number of rotatable bonds is 3. The Bertz CT molecular complexity index is 611. The standard InChI is InChI=1S/C16H19N3O/c1-12-4-6-14(7-5-12)13(2)19-11-17-10-15(19)16(20)18-8-3-9-18/h4-7,10-11,13H,3,8-9H2,1-2H3/t13-/m1/s1. The Morgan fingerprint density at radius 1 is 1.25 bits per heavy atom. The van der Waals surface area contributed by atoms with Crippen LogP contribution in [0.25, 0.3) is 0 Å². The molecule has 1 aliphatic rings. The number of hydrogen-bond acceptors (Lipinski definition) is 2. The van der Waals surface area contributed by atoms with Crippen molar-refractivity contribution in [1.82, 2.24) is 14.5 Å². The van der Waals surface area contributed by atoms with Crippen LogP contribution in [-0.4, -0.2) is 33.4 Å². The number of likely N-dealkylation sites (tertiary alicyclic amines) is 1.